The molecule has 0 aromatic heterocycles. The van der Waals surface area contributed by atoms with E-state index in [1.165, 1.54) is 0 Å². The Morgan fingerprint density at radius 1 is 1.29 bits per heavy atom. The van der Waals surface area contributed by atoms with Crippen LogP contribution in [0.4, 0.5) is 0 Å². The topological polar surface area (TPSA) is 102 Å². The van der Waals surface area contributed by atoms with Gasteiger partial charge in [-0.25, -0.2) is 0 Å². The first-order valence-corrected chi connectivity index (χ1v) is 7.24. The summed E-state index contributed by atoms with van der Waals surface area (Å²) < 4.78 is 4.64. The Kier molecular flexibility index (Phi) is 7.95. The summed E-state index contributed by atoms with van der Waals surface area (Å²) in [4.78, 5) is 17.5. The van der Waals surface area contributed by atoms with Crippen LogP contribution in [0.3, 0.4) is 0 Å². The molecule has 0 saturated carbocycles. The van der Waals surface area contributed by atoms with Crippen LogP contribution < -0.4 is 11.5 Å². The van der Waals surface area contributed by atoms with Crippen LogP contribution in [0.2, 0.25) is 0 Å². The Hall–Kier alpha value is 0.450. The summed E-state index contributed by atoms with van der Waals surface area (Å²) in [7, 11) is 0. The molecule has 0 aliphatic rings. The van der Waals surface area contributed by atoms with Crippen LogP contribution in [0.5, 0.6) is 0 Å². The predicted octanol–water partition coefficient (Wildman–Crippen LogP) is 0.0585. The van der Waals surface area contributed by atoms with Crippen molar-refractivity contribution < 1.29 is 14.3 Å². The van der Waals surface area contributed by atoms with Crippen molar-refractivity contribution in [3.8, 4) is 0 Å². The third kappa shape index (κ3) is 10.5. The number of nitrogens with two attached hydrogens (primary N) is 2. The van der Waals surface area contributed by atoms with Crippen LogP contribution in [-0.2, 0) is 16.3 Å². The molecule has 0 heterocycles. The van der Waals surface area contributed by atoms with Gasteiger partial charge in [0.25, 0.3) is 0 Å². The van der Waals surface area contributed by atoms with Crippen LogP contribution in [0, 0.1) is 0 Å². The van der Waals surface area contributed by atoms with E-state index in [0.717, 1.165) is 25.7 Å². The summed E-state index contributed by atoms with van der Waals surface area (Å²) in [5.74, 6) is 0. The van der Waals surface area contributed by atoms with Crippen molar-refractivity contribution >= 4 is 18.5 Å². The van der Waals surface area contributed by atoms with Crippen molar-refractivity contribution in [2.24, 2.45) is 11.5 Å². The van der Waals surface area contributed by atoms with E-state index in [1.807, 2.05) is 0 Å². The van der Waals surface area contributed by atoms with E-state index in [9.17, 15) is 0 Å². The normalized spacial score (nSPS) is 14.3. The molecule has 6 N–H and O–H groups in total. The van der Waals surface area contributed by atoms with Crippen LogP contribution in [0.25, 0.3) is 0 Å². The summed E-state index contributed by atoms with van der Waals surface area (Å²) in [6.45, 7) is -2.73. The van der Waals surface area contributed by atoms with E-state index >= 15 is 0 Å². The lowest BCUT2D eigenvalue weighted by atomic mass is 10.1. The molecule has 0 amide bonds. The molecule has 0 fully saturated rings. The molecule has 86 valence electrons. The third-order valence-corrected chi connectivity index (χ3v) is 2.54. The molecule has 5 nitrogen and oxygen atoms in total. The van der Waals surface area contributed by atoms with Gasteiger partial charge in [0.1, 0.15) is 0 Å². The van der Waals surface area contributed by atoms with Crippen LogP contribution in [0.1, 0.15) is 25.7 Å². The summed E-state index contributed by atoms with van der Waals surface area (Å²) in [6.07, 6.45) is 3.79. The van der Waals surface area contributed by atoms with Gasteiger partial charge in [0.2, 0.25) is 0 Å². The van der Waals surface area contributed by atoms with E-state index in [0.29, 0.717) is 6.54 Å². The average molecular weight is 242 g/mol. The maximum Gasteiger partial charge on any atom is 0.321 e. The minimum absolute atomic E-state index is 0.104. The number of unbranched alkanes of at least 4 members (excludes halogenated alkanes) is 2. The second-order valence-corrected chi connectivity index (χ2v) is 5.85. The highest BCUT2D eigenvalue weighted by atomic mass is 32.5. The molecule has 0 aliphatic heterocycles. The molecule has 0 unspecified atom stereocenters. The van der Waals surface area contributed by atoms with Gasteiger partial charge in [-0.05, 0) is 31.2 Å². The molecular weight excluding hydrogens is 223 g/mol. The standard InChI is InChI=1S/C7H19N2O3PS/c8-5-3-1-2-4-7(9)6-12-13(10,11)14/h7H,1-6,8-9H2,(H2,10,11,14)/t7-/m0/s1. The zero-order chi connectivity index (χ0) is 11.0. The summed E-state index contributed by atoms with van der Waals surface area (Å²) in [6, 6.07) is -0.186. The Morgan fingerprint density at radius 2 is 1.93 bits per heavy atom. The minimum Gasteiger partial charge on any atom is -0.330 e. The molecular formula is C7H19N2O3PS. The quantitative estimate of drug-likeness (QED) is 0.354. The molecule has 0 spiro atoms. The van der Waals surface area contributed by atoms with E-state index in [2.05, 4.69) is 16.3 Å². The largest absolute Gasteiger partial charge is 0.330 e. The molecule has 7 heteroatoms. The summed E-state index contributed by atoms with van der Waals surface area (Å²) in [5, 5.41) is 0. The van der Waals surface area contributed by atoms with Gasteiger partial charge in [0.05, 0.1) is 6.61 Å². The van der Waals surface area contributed by atoms with Gasteiger partial charge in [0, 0.05) is 6.04 Å². The first kappa shape index (κ1) is 14.5. The maximum atomic E-state index is 8.76. The van der Waals surface area contributed by atoms with E-state index in [-0.39, 0.29) is 12.6 Å². The Labute approximate surface area is 89.7 Å². The van der Waals surface area contributed by atoms with Gasteiger partial charge in [-0.3, -0.25) is 0 Å². The Balaban J connectivity index is 3.37. The first-order valence-electron chi connectivity index (χ1n) is 4.61. The van der Waals surface area contributed by atoms with Crippen molar-refractivity contribution in [1.29, 1.82) is 0 Å². The molecule has 0 saturated heterocycles. The fraction of sp³-hybridized carbons (Fsp3) is 1.00. The third-order valence-electron chi connectivity index (χ3n) is 1.74. The first-order chi connectivity index (χ1) is 6.45. The predicted molar refractivity (Wildman–Crippen MR) is 60.2 cm³/mol. The molecule has 1 atom stereocenters. The average Bonchev–Trinajstić information content (AvgIpc) is 2.08. The van der Waals surface area contributed by atoms with Gasteiger partial charge in [-0.2, -0.15) is 0 Å². The Bertz CT molecular complexity index is 188. The van der Waals surface area contributed by atoms with E-state index in [4.69, 9.17) is 21.3 Å². The lowest BCUT2D eigenvalue weighted by Gasteiger charge is -2.13. The monoisotopic (exact) mass is 242 g/mol. The minimum atomic E-state index is -3.53. The van der Waals surface area contributed by atoms with Crippen molar-refractivity contribution in [1.82, 2.24) is 0 Å². The van der Waals surface area contributed by atoms with Gasteiger partial charge < -0.3 is 25.8 Å². The second-order valence-electron chi connectivity index (χ2n) is 3.18. The molecule has 0 aromatic carbocycles. The van der Waals surface area contributed by atoms with Crippen LogP contribution >= 0.6 is 6.72 Å². The fourth-order valence-corrected chi connectivity index (χ4v) is 1.57. The van der Waals surface area contributed by atoms with Gasteiger partial charge in [-0.15, -0.1) is 0 Å². The number of hydrogen-bond donors (Lipinski definition) is 4. The number of hydrogen-bond acceptors (Lipinski definition) is 4. The highest BCUT2D eigenvalue weighted by Crippen LogP contribution is 2.36. The van der Waals surface area contributed by atoms with E-state index < -0.39 is 6.72 Å². The molecule has 0 aromatic rings. The fourth-order valence-electron chi connectivity index (χ4n) is 1.00. The molecule has 0 aliphatic carbocycles. The highest BCUT2D eigenvalue weighted by Gasteiger charge is 2.10. The molecule has 0 bridgehead atoms. The number of rotatable bonds is 8. The van der Waals surface area contributed by atoms with Crippen molar-refractivity contribution in [2.75, 3.05) is 13.2 Å². The lowest BCUT2D eigenvalue weighted by molar-refractivity contribution is 0.230. The zero-order valence-corrected chi connectivity index (χ0v) is 9.84. The summed E-state index contributed by atoms with van der Waals surface area (Å²) >= 11 is 4.29. The smallest absolute Gasteiger partial charge is 0.321 e. The molecule has 0 radical (unpaired) electrons. The summed E-state index contributed by atoms with van der Waals surface area (Å²) in [5.41, 5.74) is 11.0. The van der Waals surface area contributed by atoms with Crippen molar-refractivity contribution in [3.63, 3.8) is 0 Å². The van der Waals surface area contributed by atoms with Crippen molar-refractivity contribution in [2.45, 2.75) is 31.7 Å². The second kappa shape index (κ2) is 7.70. The zero-order valence-electron chi connectivity index (χ0n) is 8.13. The van der Waals surface area contributed by atoms with Crippen LogP contribution in [-0.4, -0.2) is 29.0 Å². The lowest BCUT2D eigenvalue weighted by Crippen LogP contribution is -2.25. The van der Waals surface area contributed by atoms with E-state index in [1.54, 1.807) is 0 Å². The Morgan fingerprint density at radius 3 is 2.43 bits per heavy atom. The van der Waals surface area contributed by atoms with Gasteiger partial charge >= 0.3 is 6.72 Å². The maximum absolute atomic E-state index is 8.76. The van der Waals surface area contributed by atoms with Gasteiger partial charge in [0.15, 0.2) is 0 Å². The molecule has 0 rings (SSSR count). The SMILES string of the molecule is NCCCCC[C@H](N)COP(O)(O)=S. The van der Waals surface area contributed by atoms with Crippen molar-refractivity contribution in [3.05, 3.63) is 0 Å². The van der Waals surface area contributed by atoms with Crippen LogP contribution in [0.15, 0.2) is 0 Å². The molecule has 14 heavy (non-hydrogen) atoms. The van der Waals surface area contributed by atoms with Gasteiger partial charge in [-0.1, -0.05) is 12.8 Å². The highest BCUT2D eigenvalue weighted by molar-refractivity contribution is 8.06.